The molecule has 1 fully saturated rings. The molecular weight excluding hydrogens is 397 g/mol. The summed E-state index contributed by atoms with van der Waals surface area (Å²) in [5, 5.41) is 5.35. The lowest BCUT2D eigenvalue weighted by Gasteiger charge is -2.31. The van der Waals surface area contributed by atoms with Gasteiger partial charge in [-0.3, -0.25) is 4.79 Å². The summed E-state index contributed by atoms with van der Waals surface area (Å²) in [7, 11) is -3.66. The summed E-state index contributed by atoms with van der Waals surface area (Å²) in [6, 6.07) is 10.8. The van der Waals surface area contributed by atoms with Crippen molar-refractivity contribution in [3.8, 4) is 0 Å². The Morgan fingerprint density at radius 1 is 1.07 bits per heavy atom. The van der Waals surface area contributed by atoms with Crippen LogP contribution in [0.25, 0.3) is 0 Å². The van der Waals surface area contributed by atoms with Crippen molar-refractivity contribution in [2.24, 2.45) is 0 Å². The third kappa shape index (κ3) is 5.18. The van der Waals surface area contributed by atoms with Gasteiger partial charge in [0.1, 0.15) is 5.82 Å². The van der Waals surface area contributed by atoms with Gasteiger partial charge in [-0.2, -0.15) is 4.31 Å². The smallest absolute Gasteiger partial charge is 0.319 e. The monoisotopic (exact) mass is 419 g/mol. The molecule has 0 bridgehead atoms. The summed E-state index contributed by atoms with van der Waals surface area (Å²) in [6.07, 6.45) is 0.919. The highest BCUT2D eigenvalue weighted by atomic mass is 32.2. The number of rotatable bonds is 5. The molecule has 0 aliphatic carbocycles. The molecule has 0 atom stereocenters. The van der Waals surface area contributed by atoms with E-state index in [0.29, 0.717) is 24.1 Å². The standard InChI is InChI=1S/C20H22FN3O4S/c1-14(25)15-5-7-19(8-6-15)29(27,28)24-11-9-17(10-12-24)22-20(26)23-18-4-2-3-16(21)13-18/h2-8,13,17H,9-12H2,1H3,(H2,22,23,26). The molecule has 0 radical (unpaired) electrons. The zero-order chi connectivity index (χ0) is 21.0. The Kier molecular flexibility index (Phi) is 6.29. The average Bonchev–Trinajstić information content (AvgIpc) is 2.68. The van der Waals surface area contributed by atoms with Gasteiger partial charge in [0.2, 0.25) is 10.0 Å². The Labute approximate surface area is 169 Å². The van der Waals surface area contributed by atoms with Crippen molar-refractivity contribution < 1.29 is 22.4 Å². The fourth-order valence-corrected chi connectivity index (χ4v) is 4.64. The Morgan fingerprint density at radius 3 is 2.31 bits per heavy atom. The second-order valence-corrected chi connectivity index (χ2v) is 8.81. The van der Waals surface area contributed by atoms with Gasteiger partial charge in [-0.15, -0.1) is 0 Å². The highest BCUT2D eigenvalue weighted by Crippen LogP contribution is 2.21. The molecule has 2 N–H and O–H groups in total. The molecule has 3 rings (SSSR count). The maximum Gasteiger partial charge on any atom is 0.319 e. The molecule has 1 aliphatic rings. The Balaban J connectivity index is 1.55. The number of anilines is 1. The van der Waals surface area contributed by atoms with Crippen LogP contribution in [-0.4, -0.2) is 43.7 Å². The van der Waals surface area contributed by atoms with Crippen LogP contribution >= 0.6 is 0 Å². The van der Waals surface area contributed by atoms with E-state index in [1.54, 1.807) is 6.07 Å². The summed E-state index contributed by atoms with van der Waals surface area (Å²) in [5.74, 6) is -0.574. The number of piperidine rings is 1. The number of halogens is 1. The molecule has 1 heterocycles. The van der Waals surface area contributed by atoms with Gasteiger partial charge >= 0.3 is 6.03 Å². The van der Waals surface area contributed by atoms with Gasteiger partial charge in [0.15, 0.2) is 5.78 Å². The summed E-state index contributed by atoms with van der Waals surface area (Å²) >= 11 is 0. The number of hydrogen-bond acceptors (Lipinski definition) is 4. The first kappa shape index (κ1) is 20.9. The molecule has 2 amide bonds. The predicted molar refractivity (Wildman–Crippen MR) is 107 cm³/mol. The Morgan fingerprint density at radius 2 is 1.72 bits per heavy atom. The number of hydrogen-bond donors (Lipinski definition) is 2. The highest BCUT2D eigenvalue weighted by molar-refractivity contribution is 7.89. The van der Waals surface area contributed by atoms with Crippen molar-refractivity contribution in [3.63, 3.8) is 0 Å². The van der Waals surface area contributed by atoms with Crippen LogP contribution in [0.4, 0.5) is 14.9 Å². The highest BCUT2D eigenvalue weighted by Gasteiger charge is 2.30. The number of carbonyl (C=O) groups is 2. The second-order valence-electron chi connectivity index (χ2n) is 6.87. The molecule has 29 heavy (non-hydrogen) atoms. The van der Waals surface area contributed by atoms with Gasteiger partial charge in [0, 0.05) is 30.4 Å². The van der Waals surface area contributed by atoms with Crippen LogP contribution in [0, 0.1) is 5.82 Å². The summed E-state index contributed by atoms with van der Waals surface area (Å²) in [6.45, 7) is 1.95. The third-order valence-electron chi connectivity index (χ3n) is 4.77. The van der Waals surface area contributed by atoms with E-state index in [9.17, 15) is 22.4 Å². The van der Waals surface area contributed by atoms with Crippen LogP contribution in [0.5, 0.6) is 0 Å². The topological polar surface area (TPSA) is 95.6 Å². The second kappa shape index (κ2) is 8.71. The first-order valence-electron chi connectivity index (χ1n) is 9.20. The zero-order valence-electron chi connectivity index (χ0n) is 15.9. The van der Waals surface area contributed by atoms with Crippen molar-refractivity contribution >= 4 is 27.5 Å². The minimum atomic E-state index is -3.66. The number of carbonyl (C=O) groups excluding carboxylic acids is 2. The number of urea groups is 1. The van der Waals surface area contributed by atoms with E-state index in [1.165, 1.54) is 53.7 Å². The van der Waals surface area contributed by atoms with Crippen molar-refractivity contribution in [3.05, 3.63) is 59.9 Å². The summed E-state index contributed by atoms with van der Waals surface area (Å²) < 4.78 is 40.1. The molecular formula is C20H22FN3O4S. The Bertz CT molecular complexity index is 1000. The Hall–Kier alpha value is -2.78. The van der Waals surface area contributed by atoms with Crippen LogP contribution < -0.4 is 10.6 Å². The lowest BCUT2D eigenvalue weighted by Crippen LogP contribution is -2.47. The van der Waals surface area contributed by atoms with Crippen LogP contribution in [-0.2, 0) is 10.0 Å². The quantitative estimate of drug-likeness (QED) is 0.729. The molecule has 0 spiro atoms. The van der Waals surface area contributed by atoms with Crippen molar-refractivity contribution in [1.29, 1.82) is 0 Å². The van der Waals surface area contributed by atoms with E-state index < -0.39 is 21.9 Å². The lowest BCUT2D eigenvalue weighted by molar-refractivity contribution is 0.101. The minimum absolute atomic E-state index is 0.127. The van der Waals surface area contributed by atoms with E-state index in [0.717, 1.165) is 0 Å². The number of nitrogens with one attached hydrogen (secondary N) is 2. The first-order valence-corrected chi connectivity index (χ1v) is 10.6. The van der Waals surface area contributed by atoms with Crippen molar-refractivity contribution in [2.45, 2.75) is 30.7 Å². The summed E-state index contributed by atoms with van der Waals surface area (Å²) in [4.78, 5) is 23.6. The van der Waals surface area contributed by atoms with Gasteiger partial charge in [-0.25, -0.2) is 17.6 Å². The lowest BCUT2D eigenvalue weighted by atomic mass is 10.1. The van der Waals surface area contributed by atoms with Crippen LogP contribution in [0.15, 0.2) is 53.4 Å². The van der Waals surface area contributed by atoms with Gasteiger partial charge in [0.25, 0.3) is 0 Å². The number of sulfonamides is 1. The van der Waals surface area contributed by atoms with Crippen molar-refractivity contribution in [2.75, 3.05) is 18.4 Å². The molecule has 0 saturated carbocycles. The SMILES string of the molecule is CC(=O)c1ccc(S(=O)(=O)N2CCC(NC(=O)Nc3cccc(F)c3)CC2)cc1. The molecule has 0 unspecified atom stereocenters. The molecule has 0 aromatic heterocycles. The number of benzene rings is 2. The van der Waals surface area contributed by atoms with Gasteiger partial charge in [-0.1, -0.05) is 18.2 Å². The molecule has 154 valence electrons. The molecule has 1 saturated heterocycles. The average molecular weight is 419 g/mol. The van der Waals surface area contributed by atoms with E-state index in [4.69, 9.17) is 0 Å². The number of ketones is 1. The van der Waals surface area contributed by atoms with E-state index in [2.05, 4.69) is 10.6 Å². The van der Waals surface area contributed by atoms with Gasteiger partial charge < -0.3 is 10.6 Å². The van der Waals surface area contributed by atoms with Gasteiger partial charge in [-0.05, 0) is 50.1 Å². The minimum Gasteiger partial charge on any atom is -0.335 e. The normalized spacial score (nSPS) is 15.7. The fraction of sp³-hybridized carbons (Fsp3) is 0.300. The predicted octanol–water partition coefficient (Wildman–Crippen LogP) is 3.00. The zero-order valence-corrected chi connectivity index (χ0v) is 16.7. The van der Waals surface area contributed by atoms with Crippen LogP contribution in [0.3, 0.4) is 0 Å². The largest absolute Gasteiger partial charge is 0.335 e. The molecule has 2 aromatic carbocycles. The van der Waals surface area contributed by atoms with E-state index in [-0.39, 0.29) is 29.8 Å². The maximum atomic E-state index is 13.2. The van der Waals surface area contributed by atoms with Crippen LogP contribution in [0.1, 0.15) is 30.1 Å². The van der Waals surface area contributed by atoms with E-state index in [1.807, 2.05) is 0 Å². The maximum absolute atomic E-state index is 13.2. The molecule has 1 aliphatic heterocycles. The summed E-state index contributed by atoms with van der Waals surface area (Å²) in [5.41, 5.74) is 0.799. The number of Topliss-reactive ketones (excluding diaryl/α,β-unsaturated/α-hetero) is 1. The molecule has 2 aromatic rings. The molecule has 9 heteroatoms. The molecule has 7 nitrogen and oxygen atoms in total. The van der Waals surface area contributed by atoms with Crippen LogP contribution in [0.2, 0.25) is 0 Å². The first-order chi connectivity index (χ1) is 13.8. The van der Waals surface area contributed by atoms with Gasteiger partial charge in [0.05, 0.1) is 4.90 Å². The fourth-order valence-electron chi connectivity index (χ4n) is 3.17. The number of amides is 2. The third-order valence-corrected chi connectivity index (χ3v) is 6.68. The van der Waals surface area contributed by atoms with Crippen molar-refractivity contribution in [1.82, 2.24) is 9.62 Å². The van der Waals surface area contributed by atoms with E-state index >= 15 is 0 Å². The number of nitrogens with zero attached hydrogens (tertiary/aromatic N) is 1.